The van der Waals surface area contributed by atoms with Crippen molar-refractivity contribution in [1.82, 2.24) is 14.1 Å². The number of benzene rings is 1. The van der Waals surface area contributed by atoms with Crippen LogP contribution in [-0.2, 0) is 14.8 Å². The van der Waals surface area contributed by atoms with Gasteiger partial charge in [0, 0.05) is 51.5 Å². The van der Waals surface area contributed by atoms with Crippen LogP contribution in [0.25, 0.3) is 0 Å². The van der Waals surface area contributed by atoms with E-state index in [9.17, 15) is 13.2 Å². The second-order valence-electron chi connectivity index (χ2n) is 10.4. The van der Waals surface area contributed by atoms with Gasteiger partial charge < -0.3 is 10.2 Å². The predicted molar refractivity (Wildman–Crippen MR) is 136 cm³/mol. The summed E-state index contributed by atoms with van der Waals surface area (Å²) in [5.41, 5.74) is 1.27. The normalized spacial score (nSPS) is 22.4. The minimum atomic E-state index is -3.55. The van der Waals surface area contributed by atoms with E-state index in [4.69, 9.17) is 0 Å². The van der Waals surface area contributed by atoms with Gasteiger partial charge in [0.25, 0.3) is 0 Å². The SMILES string of the molecule is Cc1ccc(NC(=O)CN2CCN(CC3CCCCC3)CC2)cc1S(=O)(=O)N1CCCCCC1. The number of piperazine rings is 1. The zero-order valence-electron chi connectivity index (χ0n) is 20.8. The molecule has 0 spiro atoms. The van der Waals surface area contributed by atoms with E-state index in [2.05, 4.69) is 15.1 Å². The number of nitrogens with one attached hydrogen (secondary N) is 1. The van der Waals surface area contributed by atoms with Gasteiger partial charge in [-0.3, -0.25) is 9.69 Å². The predicted octanol–water partition coefficient (Wildman–Crippen LogP) is 3.70. The van der Waals surface area contributed by atoms with E-state index in [1.165, 1.54) is 38.6 Å². The Balaban J connectivity index is 1.29. The molecule has 3 fully saturated rings. The lowest BCUT2D eigenvalue weighted by atomic mass is 9.89. The summed E-state index contributed by atoms with van der Waals surface area (Å²) < 4.78 is 28.2. The van der Waals surface area contributed by atoms with Gasteiger partial charge in [-0.25, -0.2) is 8.42 Å². The van der Waals surface area contributed by atoms with Crippen molar-refractivity contribution in [2.75, 3.05) is 57.7 Å². The first-order valence-corrected chi connectivity index (χ1v) is 14.7. The second kappa shape index (κ2) is 12.0. The first kappa shape index (κ1) is 25.6. The van der Waals surface area contributed by atoms with Gasteiger partial charge in [0.15, 0.2) is 0 Å². The van der Waals surface area contributed by atoms with Crippen molar-refractivity contribution in [3.63, 3.8) is 0 Å². The van der Waals surface area contributed by atoms with E-state index in [0.717, 1.165) is 63.3 Å². The standard InChI is InChI=1S/C26H42N4O3S/c1-22-11-12-24(19-25(22)34(32,33)30-13-7-2-3-8-14-30)27-26(31)21-29-17-15-28(16-18-29)20-23-9-5-4-6-10-23/h11-12,19,23H,2-10,13-18,20-21H2,1H3,(H,27,31). The fraction of sp³-hybridized carbons (Fsp3) is 0.731. The molecule has 190 valence electrons. The Morgan fingerprint density at radius 2 is 1.50 bits per heavy atom. The first-order chi connectivity index (χ1) is 16.4. The molecule has 0 aromatic heterocycles. The Labute approximate surface area is 205 Å². The van der Waals surface area contributed by atoms with Gasteiger partial charge in [-0.1, -0.05) is 38.2 Å². The van der Waals surface area contributed by atoms with Gasteiger partial charge in [-0.15, -0.1) is 0 Å². The molecule has 7 nitrogen and oxygen atoms in total. The molecule has 0 atom stereocenters. The fourth-order valence-electron chi connectivity index (χ4n) is 5.65. The van der Waals surface area contributed by atoms with E-state index in [1.54, 1.807) is 22.5 Å². The monoisotopic (exact) mass is 490 g/mol. The maximum atomic E-state index is 13.3. The number of anilines is 1. The van der Waals surface area contributed by atoms with Crippen LogP contribution in [0.2, 0.25) is 0 Å². The Kier molecular flexibility index (Phi) is 9.02. The molecule has 0 radical (unpaired) electrons. The molecule has 2 saturated heterocycles. The summed E-state index contributed by atoms with van der Waals surface area (Å²) in [6.45, 7) is 8.38. The molecule has 1 amide bonds. The molecule has 1 aromatic carbocycles. The third-order valence-electron chi connectivity index (χ3n) is 7.73. The summed E-state index contributed by atoms with van der Waals surface area (Å²) in [6.07, 6.45) is 10.9. The van der Waals surface area contributed by atoms with E-state index >= 15 is 0 Å². The molecule has 2 heterocycles. The molecule has 4 rings (SSSR count). The van der Waals surface area contributed by atoms with Crippen molar-refractivity contribution in [3.05, 3.63) is 23.8 Å². The molecule has 3 aliphatic rings. The largest absolute Gasteiger partial charge is 0.325 e. The number of carbonyl (C=O) groups excluding carboxylic acids is 1. The van der Waals surface area contributed by atoms with Gasteiger partial charge in [-0.2, -0.15) is 4.31 Å². The number of amides is 1. The van der Waals surface area contributed by atoms with Gasteiger partial charge in [0.1, 0.15) is 0 Å². The van der Waals surface area contributed by atoms with E-state index in [-0.39, 0.29) is 5.91 Å². The van der Waals surface area contributed by atoms with Crippen molar-refractivity contribution >= 4 is 21.6 Å². The van der Waals surface area contributed by atoms with Gasteiger partial charge in [0.2, 0.25) is 15.9 Å². The van der Waals surface area contributed by atoms with Crippen LogP contribution >= 0.6 is 0 Å². The topological polar surface area (TPSA) is 73.0 Å². The Morgan fingerprint density at radius 1 is 0.882 bits per heavy atom. The second-order valence-corrected chi connectivity index (χ2v) is 12.3. The maximum Gasteiger partial charge on any atom is 0.243 e. The number of rotatable bonds is 7. The lowest BCUT2D eigenvalue weighted by Crippen LogP contribution is -2.49. The quantitative estimate of drug-likeness (QED) is 0.631. The number of sulfonamides is 1. The Bertz CT molecular complexity index is 914. The number of hydrogen-bond donors (Lipinski definition) is 1. The van der Waals surface area contributed by atoms with Crippen LogP contribution in [0.1, 0.15) is 63.4 Å². The van der Waals surface area contributed by atoms with Crippen LogP contribution in [0.3, 0.4) is 0 Å². The molecule has 34 heavy (non-hydrogen) atoms. The minimum Gasteiger partial charge on any atom is -0.325 e. The van der Waals surface area contributed by atoms with Crippen molar-refractivity contribution in [1.29, 1.82) is 0 Å². The Hall–Kier alpha value is -1.48. The summed E-state index contributed by atoms with van der Waals surface area (Å²) in [5.74, 6) is 0.771. The maximum absolute atomic E-state index is 13.3. The molecule has 1 aromatic rings. The molecular formula is C26H42N4O3S. The zero-order valence-corrected chi connectivity index (χ0v) is 21.6. The van der Waals surface area contributed by atoms with Crippen LogP contribution in [0.4, 0.5) is 5.69 Å². The van der Waals surface area contributed by atoms with Crippen molar-refractivity contribution in [2.45, 2.75) is 69.6 Å². The molecule has 2 aliphatic heterocycles. The van der Waals surface area contributed by atoms with Gasteiger partial charge in [0.05, 0.1) is 11.4 Å². The highest BCUT2D eigenvalue weighted by atomic mass is 32.2. The summed E-state index contributed by atoms with van der Waals surface area (Å²) in [7, 11) is -3.55. The van der Waals surface area contributed by atoms with E-state index in [0.29, 0.717) is 30.2 Å². The van der Waals surface area contributed by atoms with Crippen molar-refractivity contribution < 1.29 is 13.2 Å². The highest BCUT2D eigenvalue weighted by Gasteiger charge is 2.27. The third-order valence-corrected chi connectivity index (χ3v) is 9.77. The highest BCUT2D eigenvalue weighted by Crippen LogP contribution is 2.26. The number of hydrogen-bond acceptors (Lipinski definition) is 5. The van der Waals surface area contributed by atoms with Crippen LogP contribution in [-0.4, -0.2) is 80.8 Å². The van der Waals surface area contributed by atoms with Crippen LogP contribution in [0.5, 0.6) is 0 Å². The third kappa shape index (κ3) is 6.80. The number of carbonyl (C=O) groups is 1. The van der Waals surface area contributed by atoms with Gasteiger partial charge >= 0.3 is 0 Å². The summed E-state index contributed by atoms with van der Waals surface area (Å²) in [4.78, 5) is 17.8. The molecule has 0 unspecified atom stereocenters. The molecule has 1 aliphatic carbocycles. The van der Waals surface area contributed by atoms with Crippen molar-refractivity contribution in [3.8, 4) is 0 Å². The summed E-state index contributed by atoms with van der Waals surface area (Å²) in [5, 5.41) is 2.94. The van der Waals surface area contributed by atoms with E-state index in [1.807, 2.05) is 6.92 Å². The number of aryl methyl sites for hydroxylation is 1. The molecule has 8 heteroatoms. The summed E-state index contributed by atoms with van der Waals surface area (Å²) >= 11 is 0. The van der Waals surface area contributed by atoms with E-state index < -0.39 is 10.0 Å². The van der Waals surface area contributed by atoms with Crippen LogP contribution in [0.15, 0.2) is 23.1 Å². The molecule has 1 N–H and O–H groups in total. The Morgan fingerprint density at radius 3 is 2.18 bits per heavy atom. The first-order valence-electron chi connectivity index (χ1n) is 13.3. The highest BCUT2D eigenvalue weighted by molar-refractivity contribution is 7.89. The lowest BCUT2D eigenvalue weighted by Gasteiger charge is -2.37. The molecule has 0 bridgehead atoms. The fourth-order valence-corrected chi connectivity index (χ4v) is 7.41. The number of nitrogens with zero attached hydrogens (tertiary/aromatic N) is 3. The molecule has 1 saturated carbocycles. The summed E-state index contributed by atoms with van der Waals surface area (Å²) in [6, 6.07) is 5.23. The van der Waals surface area contributed by atoms with Crippen LogP contribution < -0.4 is 5.32 Å². The smallest absolute Gasteiger partial charge is 0.243 e. The zero-order chi connectivity index (χ0) is 24.0. The van der Waals surface area contributed by atoms with Gasteiger partial charge in [-0.05, 0) is 56.2 Å². The average Bonchev–Trinajstić information content (AvgIpc) is 3.13. The van der Waals surface area contributed by atoms with Crippen molar-refractivity contribution in [2.24, 2.45) is 5.92 Å². The minimum absolute atomic E-state index is 0.0808. The average molecular weight is 491 g/mol. The van der Waals surface area contributed by atoms with Crippen LogP contribution in [0, 0.1) is 12.8 Å². The molecular weight excluding hydrogens is 448 g/mol. The lowest BCUT2D eigenvalue weighted by molar-refractivity contribution is -0.117.